The fraction of sp³-hybridized carbons (Fsp3) is 0.467. The van der Waals surface area contributed by atoms with Gasteiger partial charge < -0.3 is 40.9 Å². The molecule has 2 aliphatic heterocycles. The number of amides is 4. The number of β-amino-alcohol motifs (C(OH)–C–C–N with tert-alkyl or cyclic N) is 1. The van der Waals surface area contributed by atoms with E-state index in [0.29, 0.717) is 30.9 Å². The molecule has 4 amide bonds. The van der Waals surface area contributed by atoms with Gasteiger partial charge in [-0.3, -0.25) is 19.1 Å². The van der Waals surface area contributed by atoms with Gasteiger partial charge in [-0.1, -0.05) is 11.6 Å². The van der Waals surface area contributed by atoms with Gasteiger partial charge in [0.1, 0.15) is 6.04 Å². The monoisotopic (exact) mass is 743 g/mol. The van der Waals surface area contributed by atoms with Crippen LogP contribution in [0.1, 0.15) is 39.1 Å². The third-order valence-corrected chi connectivity index (χ3v) is 9.63. The van der Waals surface area contributed by atoms with E-state index in [1.807, 2.05) is 0 Å². The summed E-state index contributed by atoms with van der Waals surface area (Å²) in [6.45, 7) is 1.58. The molecule has 7 rings (SSSR count). The number of carbonyl (C=O) groups excluding carboxylic acids is 3. The Morgan fingerprint density at radius 2 is 1.78 bits per heavy atom. The lowest BCUT2D eigenvalue weighted by molar-refractivity contribution is -0.141. The summed E-state index contributed by atoms with van der Waals surface area (Å²) in [4.78, 5) is 52.6. The van der Waals surface area contributed by atoms with Crippen LogP contribution in [0.4, 0.5) is 32.4 Å². The number of aromatic nitrogens is 4. The highest BCUT2D eigenvalue weighted by Crippen LogP contribution is 2.53. The van der Waals surface area contributed by atoms with Crippen molar-refractivity contribution in [2.45, 2.75) is 42.7 Å². The number of carboxylic acid groups (broad SMARTS) is 1. The Hall–Kier alpha value is -4.82. The lowest BCUT2D eigenvalue weighted by Gasteiger charge is -2.24. The molecule has 2 saturated carbocycles. The number of alkyl halides is 5. The number of imidazole rings is 1. The second-order valence-corrected chi connectivity index (χ2v) is 13.1. The number of aliphatic hydroxyl groups is 1. The van der Waals surface area contributed by atoms with E-state index in [-0.39, 0.29) is 64.2 Å². The molecule has 4 heterocycles. The number of piperidine rings is 1. The molecule has 0 bridgehead atoms. The third kappa shape index (κ3) is 7.20. The number of rotatable bonds is 7. The van der Waals surface area contributed by atoms with Crippen LogP contribution in [0.3, 0.4) is 0 Å². The number of urea groups is 1. The van der Waals surface area contributed by atoms with Crippen molar-refractivity contribution >= 4 is 41.6 Å². The highest BCUT2D eigenvalue weighted by atomic mass is 35.5. The molecule has 6 N–H and O–H groups in total. The van der Waals surface area contributed by atoms with Gasteiger partial charge >= 0.3 is 12.2 Å². The van der Waals surface area contributed by atoms with Crippen LogP contribution >= 0.6 is 11.6 Å². The van der Waals surface area contributed by atoms with Crippen LogP contribution < -0.4 is 21.3 Å². The molecule has 2 aliphatic carbocycles. The summed E-state index contributed by atoms with van der Waals surface area (Å²) in [7, 11) is 1.30. The quantitative estimate of drug-likeness (QED) is 0.155. The zero-order valence-electron chi connectivity index (χ0n) is 26.5. The van der Waals surface area contributed by atoms with Gasteiger partial charge in [0.05, 0.1) is 40.2 Å². The average molecular weight is 744 g/mol. The maximum atomic E-state index is 13.7. The molecule has 2 saturated heterocycles. The second kappa shape index (κ2) is 13.4. The number of aliphatic hydroxyl groups excluding tert-OH is 1. The zero-order chi connectivity index (χ0) is 37.0. The minimum absolute atomic E-state index is 0.0282. The summed E-state index contributed by atoms with van der Waals surface area (Å²) < 4.78 is 70.0. The van der Waals surface area contributed by atoms with Crippen LogP contribution in [0.2, 0.25) is 5.02 Å². The molecule has 0 radical (unpaired) electrons. The molecule has 4 fully saturated rings. The summed E-state index contributed by atoms with van der Waals surface area (Å²) in [6.07, 6.45) is -4.32. The minimum Gasteiger partial charge on any atom is -0.483 e. The normalized spacial score (nSPS) is 25.7. The molecule has 1 aromatic carbocycles. The maximum absolute atomic E-state index is 13.7. The fourth-order valence-electron chi connectivity index (χ4n) is 6.47. The summed E-state index contributed by atoms with van der Waals surface area (Å²) in [5.41, 5.74) is -1.72. The number of anilines is 1. The Morgan fingerprint density at radius 3 is 2.35 bits per heavy atom. The van der Waals surface area contributed by atoms with Crippen molar-refractivity contribution in [2.75, 3.05) is 31.5 Å². The van der Waals surface area contributed by atoms with Crippen LogP contribution in [-0.4, -0.2) is 109 Å². The van der Waals surface area contributed by atoms with Crippen LogP contribution in [0.25, 0.3) is 11.3 Å². The van der Waals surface area contributed by atoms with Crippen LogP contribution in [0.15, 0.2) is 30.6 Å². The van der Waals surface area contributed by atoms with Crippen molar-refractivity contribution < 1.29 is 51.3 Å². The molecular formula is C30H31ClF5N9O6. The predicted octanol–water partition coefficient (Wildman–Crippen LogP) is 2.19. The van der Waals surface area contributed by atoms with Gasteiger partial charge in [0.15, 0.2) is 11.5 Å². The highest BCUT2D eigenvalue weighted by molar-refractivity contribution is 6.34. The van der Waals surface area contributed by atoms with Gasteiger partial charge in [0.2, 0.25) is 0 Å². The molecule has 3 aromatic rings. The molecule has 15 nitrogen and oxygen atoms in total. The van der Waals surface area contributed by atoms with Crippen LogP contribution in [-0.2, 0) is 18.0 Å². The molecule has 5 atom stereocenters. The van der Waals surface area contributed by atoms with Gasteiger partial charge in [0, 0.05) is 69.4 Å². The first-order chi connectivity index (χ1) is 24.0. The van der Waals surface area contributed by atoms with Crippen molar-refractivity contribution in [1.82, 2.24) is 40.2 Å². The third-order valence-electron chi connectivity index (χ3n) is 9.32. The topological polar surface area (TPSA) is 196 Å². The maximum Gasteiger partial charge on any atom is 0.435 e. The number of halogens is 6. The molecule has 0 spiro atoms. The number of hydrogen-bond donors (Lipinski definition) is 6. The first kappa shape index (κ1) is 36.0. The number of fused-ring (bicyclic) bond motifs is 1. The lowest BCUT2D eigenvalue weighted by atomic mass is 10.2. The molecule has 274 valence electrons. The Bertz CT molecular complexity index is 1860. The number of likely N-dealkylation sites (tertiary alicyclic amines) is 1. The van der Waals surface area contributed by atoms with Crippen molar-refractivity contribution in [3.8, 4) is 11.3 Å². The second-order valence-electron chi connectivity index (χ2n) is 12.6. The van der Waals surface area contributed by atoms with Crippen molar-refractivity contribution in [2.24, 2.45) is 18.9 Å². The molecule has 4 aliphatic rings. The SMILES string of the molecule is Cn1c(-c2cn(C3CC3(F)F)nc2C(F)(F)F)cnc1C(=O)Nc1ccc(C(=O)NC2C3CN(C(=O)N[C@H]4CNC[C@@H]4O)CC32)c(Cl)c1.O=CO. The lowest BCUT2D eigenvalue weighted by Crippen LogP contribution is -2.49. The Labute approximate surface area is 290 Å². The smallest absolute Gasteiger partial charge is 0.435 e. The largest absolute Gasteiger partial charge is 0.483 e. The van der Waals surface area contributed by atoms with E-state index in [4.69, 9.17) is 21.5 Å². The number of benzene rings is 1. The summed E-state index contributed by atoms with van der Waals surface area (Å²) in [6, 6.07) is 1.94. The van der Waals surface area contributed by atoms with E-state index in [1.54, 1.807) is 4.90 Å². The zero-order valence-corrected chi connectivity index (χ0v) is 27.3. The van der Waals surface area contributed by atoms with E-state index < -0.39 is 53.7 Å². The number of nitrogens with one attached hydrogen (secondary N) is 4. The molecule has 3 unspecified atom stereocenters. The highest BCUT2D eigenvalue weighted by Gasteiger charge is 2.60. The Kier molecular flexibility index (Phi) is 9.44. The van der Waals surface area contributed by atoms with E-state index in [9.17, 15) is 41.4 Å². The number of carbonyl (C=O) groups is 4. The van der Waals surface area contributed by atoms with Gasteiger partial charge in [-0.05, 0) is 18.2 Å². The van der Waals surface area contributed by atoms with Crippen molar-refractivity contribution in [3.05, 3.63) is 52.7 Å². The molecular weight excluding hydrogens is 713 g/mol. The van der Waals surface area contributed by atoms with E-state index >= 15 is 0 Å². The summed E-state index contributed by atoms with van der Waals surface area (Å²) in [5.74, 6) is -4.50. The molecule has 2 aromatic heterocycles. The van der Waals surface area contributed by atoms with E-state index in [2.05, 4.69) is 31.3 Å². The van der Waals surface area contributed by atoms with Gasteiger partial charge in [-0.25, -0.2) is 18.6 Å². The van der Waals surface area contributed by atoms with Gasteiger partial charge in [0.25, 0.3) is 24.2 Å². The minimum atomic E-state index is -4.95. The Morgan fingerprint density at radius 1 is 1.12 bits per heavy atom. The van der Waals surface area contributed by atoms with Gasteiger partial charge in [-0.15, -0.1) is 0 Å². The predicted molar refractivity (Wildman–Crippen MR) is 167 cm³/mol. The van der Waals surface area contributed by atoms with E-state index in [1.165, 1.54) is 25.2 Å². The van der Waals surface area contributed by atoms with E-state index in [0.717, 1.165) is 17.0 Å². The fourth-order valence-corrected chi connectivity index (χ4v) is 6.73. The number of nitrogens with zero attached hydrogens (tertiary/aromatic N) is 5. The van der Waals surface area contributed by atoms with Gasteiger partial charge in [-0.2, -0.15) is 18.3 Å². The van der Waals surface area contributed by atoms with Crippen molar-refractivity contribution in [3.63, 3.8) is 0 Å². The van der Waals surface area contributed by atoms with Crippen LogP contribution in [0, 0.1) is 11.8 Å². The summed E-state index contributed by atoms with van der Waals surface area (Å²) >= 11 is 6.38. The Balaban J connectivity index is 0.00000144. The molecule has 21 heteroatoms. The van der Waals surface area contributed by atoms with Crippen molar-refractivity contribution in [1.29, 1.82) is 0 Å². The summed E-state index contributed by atoms with van der Waals surface area (Å²) in [5, 5.41) is 31.5. The molecule has 51 heavy (non-hydrogen) atoms. The first-order valence-electron chi connectivity index (χ1n) is 15.5. The first-order valence-corrected chi connectivity index (χ1v) is 15.9. The standard InChI is InChI=1S/C29H29ClF5N9O4.CH2O2/c1-42-19(16-11-44(21-5-28(21,31)32)41-23(16)29(33,34)35)7-37-24(42)26(47)38-12-2-3-13(17(30)4-12)25(46)40-22-14-9-43(10-15(14)22)27(48)39-18-6-36-8-20(18)45;2-1-3/h2-4,7,11,14-15,18,20-22,36,45H,5-6,8-10H2,1H3,(H,38,47)(H,39,48)(H,40,46);1H,(H,2,3)/t14?,15?,18-,20-,21?,22?;/m0./s1. The number of hydrogen-bond acceptors (Lipinski definition) is 8. The van der Waals surface area contributed by atoms with Crippen LogP contribution in [0.5, 0.6) is 0 Å². The average Bonchev–Trinajstić information content (AvgIpc) is 3.50.